The third-order valence-electron chi connectivity index (χ3n) is 3.36. The van der Waals surface area contributed by atoms with Crippen molar-refractivity contribution in [3.63, 3.8) is 0 Å². The van der Waals surface area contributed by atoms with Crippen LogP contribution in [0.5, 0.6) is 5.75 Å². The molecule has 2 rings (SSSR count). The quantitative estimate of drug-likeness (QED) is 0.693. The molecule has 0 saturated heterocycles. The lowest BCUT2D eigenvalue weighted by Crippen LogP contribution is -2.19. The molecule has 2 N–H and O–H groups in total. The van der Waals surface area contributed by atoms with E-state index in [4.69, 9.17) is 16.3 Å². The van der Waals surface area contributed by atoms with Gasteiger partial charge in [-0.15, -0.1) is 0 Å². The van der Waals surface area contributed by atoms with Crippen LogP contribution in [0.1, 0.15) is 17.5 Å². The second kappa shape index (κ2) is 9.46. The lowest BCUT2D eigenvalue weighted by atomic mass is 10.2. The van der Waals surface area contributed by atoms with E-state index in [2.05, 4.69) is 22.8 Å². The van der Waals surface area contributed by atoms with Crippen LogP contribution in [0.15, 0.2) is 48.5 Å². The van der Waals surface area contributed by atoms with Crippen LogP contribution in [0.4, 0.5) is 0 Å². The van der Waals surface area contributed by atoms with E-state index in [9.17, 15) is 0 Å². The van der Waals surface area contributed by atoms with Crippen LogP contribution < -0.4 is 15.4 Å². The van der Waals surface area contributed by atoms with E-state index in [1.54, 1.807) is 0 Å². The van der Waals surface area contributed by atoms with Crippen LogP contribution in [0, 0.1) is 0 Å². The van der Waals surface area contributed by atoms with E-state index in [-0.39, 0.29) is 0 Å². The molecule has 3 nitrogen and oxygen atoms in total. The van der Waals surface area contributed by atoms with Crippen molar-refractivity contribution in [3.8, 4) is 5.75 Å². The summed E-state index contributed by atoms with van der Waals surface area (Å²) in [5, 5.41) is 7.30. The maximum absolute atomic E-state index is 6.10. The predicted octanol–water partition coefficient (Wildman–Crippen LogP) is 3.62. The highest BCUT2D eigenvalue weighted by atomic mass is 35.5. The summed E-state index contributed by atoms with van der Waals surface area (Å²) in [6.07, 6.45) is 1.09. The van der Waals surface area contributed by atoms with E-state index in [1.807, 2.05) is 43.4 Å². The first-order chi connectivity index (χ1) is 10.8. The molecule has 0 atom stereocenters. The Bertz CT molecular complexity index is 560. The van der Waals surface area contributed by atoms with Crippen molar-refractivity contribution < 1.29 is 4.74 Å². The van der Waals surface area contributed by atoms with Crippen molar-refractivity contribution in [3.05, 3.63) is 64.7 Å². The zero-order valence-corrected chi connectivity index (χ0v) is 13.7. The third kappa shape index (κ3) is 5.68. The lowest BCUT2D eigenvalue weighted by Gasteiger charge is -2.13. The molecule has 0 fully saturated rings. The molecular weight excluding hydrogens is 296 g/mol. The minimum absolute atomic E-state index is 0.565. The Balaban J connectivity index is 1.92. The van der Waals surface area contributed by atoms with Crippen molar-refractivity contribution in [2.75, 3.05) is 20.1 Å². The van der Waals surface area contributed by atoms with Gasteiger partial charge in [-0.2, -0.15) is 0 Å². The van der Waals surface area contributed by atoms with Gasteiger partial charge in [-0.3, -0.25) is 0 Å². The van der Waals surface area contributed by atoms with Gasteiger partial charge in [0, 0.05) is 17.1 Å². The first-order valence-electron chi connectivity index (χ1n) is 7.60. The summed E-state index contributed by atoms with van der Waals surface area (Å²) in [6, 6.07) is 15.9. The summed E-state index contributed by atoms with van der Waals surface area (Å²) in [6.45, 7) is 3.30. The number of rotatable bonds is 9. The Morgan fingerprint density at radius 1 is 1.05 bits per heavy atom. The van der Waals surface area contributed by atoms with Crippen molar-refractivity contribution in [1.29, 1.82) is 0 Å². The van der Waals surface area contributed by atoms with Crippen LogP contribution in [-0.4, -0.2) is 20.1 Å². The molecule has 22 heavy (non-hydrogen) atoms. The van der Waals surface area contributed by atoms with E-state index in [0.717, 1.165) is 48.0 Å². The van der Waals surface area contributed by atoms with Gasteiger partial charge in [-0.1, -0.05) is 41.9 Å². The summed E-state index contributed by atoms with van der Waals surface area (Å²) in [5.41, 5.74) is 2.25. The fourth-order valence-electron chi connectivity index (χ4n) is 2.18. The molecule has 0 aliphatic rings. The van der Waals surface area contributed by atoms with Crippen LogP contribution >= 0.6 is 11.6 Å². The largest absolute Gasteiger partial charge is 0.489 e. The van der Waals surface area contributed by atoms with Crippen molar-refractivity contribution in [1.82, 2.24) is 10.6 Å². The summed E-state index contributed by atoms with van der Waals surface area (Å²) in [4.78, 5) is 0. The van der Waals surface area contributed by atoms with Gasteiger partial charge in [-0.25, -0.2) is 0 Å². The Morgan fingerprint density at radius 2 is 1.86 bits per heavy atom. The van der Waals surface area contributed by atoms with Gasteiger partial charge in [0.05, 0.1) is 0 Å². The molecule has 0 spiro atoms. The second-order valence-electron chi connectivity index (χ2n) is 5.16. The van der Waals surface area contributed by atoms with Crippen molar-refractivity contribution in [2.24, 2.45) is 0 Å². The number of halogens is 1. The number of ether oxygens (including phenoxy) is 1. The third-order valence-corrected chi connectivity index (χ3v) is 3.59. The van der Waals surface area contributed by atoms with Gasteiger partial charge in [0.2, 0.25) is 0 Å². The van der Waals surface area contributed by atoms with Gasteiger partial charge >= 0.3 is 0 Å². The minimum atomic E-state index is 0.565. The topological polar surface area (TPSA) is 33.3 Å². The molecule has 0 aromatic heterocycles. The average molecular weight is 319 g/mol. The lowest BCUT2D eigenvalue weighted by molar-refractivity contribution is 0.302. The van der Waals surface area contributed by atoms with Gasteiger partial charge < -0.3 is 15.4 Å². The van der Waals surface area contributed by atoms with Gasteiger partial charge in [0.15, 0.2) is 0 Å². The number of hydrogen-bond donors (Lipinski definition) is 2. The first-order valence-corrected chi connectivity index (χ1v) is 7.98. The predicted molar refractivity (Wildman–Crippen MR) is 92.5 cm³/mol. The molecule has 0 saturated carbocycles. The van der Waals surface area contributed by atoms with Crippen LogP contribution in [0.3, 0.4) is 0 Å². The molecule has 2 aromatic carbocycles. The highest BCUT2D eigenvalue weighted by molar-refractivity contribution is 6.30. The summed E-state index contributed by atoms with van der Waals surface area (Å²) < 4.78 is 5.95. The molecule has 0 unspecified atom stereocenters. The summed E-state index contributed by atoms with van der Waals surface area (Å²) >= 11 is 6.10. The minimum Gasteiger partial charge on any atom is -0.489 e. The molecular formula is C18H23ClN2O. The van der Waals surface area contributed by atoms with Crippen LogP contribution in [0.2, 0.25) is 5.02 Å². The first kappa shape index (κ1) is 16.8. The normalized spacial score (nSPS) is 10.6. The molecule has 2 aromatic rings. The zero-order chi connectivity index (χ0) is 15.6. The molecule has 0 radical (unpaired) electrons. The Hall–Kier alpha value is -1.55. The zero-order valence-electron chi connectivity index (χ0n) is 12.9. The van der Waals surface area contributed by atoms with Gasteiger partial charge in [-0.05, 0) is 50.3 Å². The molecule has 0 amide bonds. The second-order valence-corrected chi connectivity index (χ2v) is 5.60. The van der Waals surface area contributed by atoms with Crippen LogP contribution in [-0.2, 0) is 13.2 Å². The van der Waals surface area contributed by atoms with Gasteiger partial charge in [0.25, 0.3) is 0 Å². The highest BCUT2D eigenvalue weighted by Gasteiger charge is 2.05. The number of hydrogen-bond acceptors (Lipinski definition) is 3. The molecule has 0 aliphatic carbocycles. The summed E-state index contributed by atoms with van der Waals surface area (Å²) in [7, 11) is 1.96. The Labute approximate surface area is 137 Å². The van der Waals surface area contributed by atoms with E-state index < -0.39 is 0 Å². The van der Waals surface area contributed by atoms with Crippen LogP contribution in [0.25, 0.3) is 0 Å². The smallest absolute Gasteiger partial charge is 0.124 e. The van der Waals surface area contributed by atoms with E-state index in [1.165, 1.54) is 0 Å². The van der Waals surface area contributed by atoms with Gasteiger partial charge in [0.1, 0.15) is 12.4 Å². The number of benzene rings is 2. The standard InChI is InChI=1S/C18H23ClN2O/c1-20-10-5-11-21-13-16-12-17(19)8-9-18(16)22-14-15-6-3-2-4-7-15/h2-4,6-9,12,20-21H,5,10-11,13-14H2,1H3. The van der Waals surface area contributed by atoms with Crippen molar-refractivity contribution >= 4 is 11.6 Å². The van der Waals surface area contributed by atoms with E-state index in [0.29, 0.717) is 6.61 Å². The highest BCUT2D eigenvalue weighted by Crippen LogP contribution is 2.23. The Kier molecular flexibility index (Phi) is 7.23. The molecule has 118 valence electrons. The summed E-state index contributed by atoms with van der Waals surface area (Å²) in [5.74, 6) is 0.884. The average Bonchev–Trinajstić information content (AvgIpc) is 2.55. The molecule has 0 aliphatic heterocycles. The van der Waals surface area contributed by atoms with E-state index >= 15 is 0 Å². The maximum Gasteiger partial charge on any atom is 0.124 e. The number of nitrogens with one attached hydrogen (secondary N) is 2. The SMILES string of the molecule is CNCCCNCc1cc(Cl)ccc1OCc1ccccc1. The van der Waals surface area contributed by atoms with Crippen molar-refractivity contribution in [2.45, 2.75) is 19.6 Å². The maximum atomic E-state index is 6.10. The molecule has 0 heterocycles. The molecule has 0 bridgehead atoms. The fourth-order valence-corrected chi connectivity index (χ4v) is 2.37. The fraction of sp³-hybridized carbons (Fsp3) is 0.333. The monoisotopic (exact) mass is 318 g/mol. The Morgan fingerprint density at radius 3 is 2.64 bits per heavy atom. The molecule has 4 heteroatoms.